The molecule has 1 atom stereocenters. The van der Waals surface area contributed by atoms with E-state index >= 15 is 0 Å². The molecule has 1 aliphatic rings. The Hall–Kier alpha value is -1.89. The second-order valence-corrected chi connectivity index (χ2v) is 7.03. The summed E-state index contributed by atoms with van der Waals surface area (Å²) in [6.07, 6.45) is 1.85. The van der Waals surface area contributed by atoms with Crippen LogP contribution in [-0.4, -0.2) is 38.7 Å². The van der Waals surface area contributed by atoms with Gasteiger partial charge < -0.3 is 4.74 Å². The summed E-state index contributed by atoms with van der Waals surface area (Å²) in [5.41, 5.74) is 3.14. The van der Waals surface area contributed by atoms with Gasteiger partial charge in [-0.25, -0.2) is 13.8 Å². The first kappa shape index (κ1) is 15.5. The minimum Gasteiger partial charge on any atom is -0.493 e. The molecule has 1 aromatic rings. The molecule has 0 unspecified atom stereocenters. The van der Waals surface area contributed by atoms with Crippen LogP contribution in [0, 0.1) is 5.92 Å². The van der Waals surface area contributed by atoms with E-state index in [2.05, 4.69) is 10.5 Å². The van der Waals surface area contributed by atoms with Gasteiger partial charge in [0.05, 0.1) is 30.2 Å². The molecule has 1 aromatic carbocycles. The minimum atomic E-state index is -3.06. The van der Waals surface area contributed by atoms with Gasteiger partial charge in [0, 0.05) is 5.56 Å². The number of para-hydroxylation sites is 1. The highest BCUT2D eigenvalue weighted by Crippen LogP contribution is 2.18. The molecule has 1 saturated heterocycles. The molecule has 1 fully saturated rings. The number of nitrogens with zero attached hydrogens (tertiary/aromatic N) is 1. The summed E-state index contributed by atoms with van der Waals surface area (Å²) in [7, 11) is -3.06. The summed E-state index contributed by atoms with van der Waals surface area (Å²) in [6.45, 7) is 2.42. The molecular weight excluding hydrogens is 292 g/mol. The summed E-state index contributed by atoms with van der Waals surface area (Å²) >= 11 is 0. The molecule has 0 spiro atoms. The molecule has 0 bridgehead atoms. The number of hydrazone groups is 1. The molecule has 7 heteroatoms. The number of hydrogen-bond acceptors (Lipinski definition) is 5. The predicted octanol–water partition coefficient (Wildman–Crippen LogP) is 0.970. The van der Waals surface area contributed by atoms with Crippen molar-refractivity contribution in [3.05, 3.63) is 29.8 Å². The van der Waals surface area contributed by atoms with Crippen LogP contribution in [0.3, 0.4) is 0 Å². The molecule has 1 heterocycles. The van der Waals surface area contributed by atoms with Gasteiger partial charge in [-0.3, -0.25) is 4.79 Å². The zero-order valence-corrected chi connectivity index (χ0v) is 12.6. The summed E-state index contributed by atoms with van der Waals surface area (Å²) < 4.78 is 28.1. The van der Waals surface area contributed by atoms with E-state index in [0.29, 0.717) is 18.8 Å². The molecule has 2 rings (SSSR count). The van der Waals surface area contributed by atoms with Gasteiger partial charge in [-0.15, -0.1) is 0 Å². The van der Waals surface area contributed by atoms with Gasteiger partial charge in [0.1, 0.15) is 5.75 Å². The first-order valence-electron chi connectivity index (χ1n) is 6.77. The van der Waals surface area contributed by atoms with Gasteiger partial charge in [-0.05, 0) is 25.5 Å². The number of benzene rings is 1. The van der Waals surface area contributed by atoms with Gasteiger partial charge in [0.15, 0.2) is 9.84 Å². The van der Waals surface area contributed by atoms with Crippen molar-refractivity contribution in [2.75, 3.05) is 18.1 Å². The number of sulfone groups is 1. The SMILES string of the molecule is CCOc1ccccc1/C=N\NC(=O)[C@@H]1CCS(=O)(=O)C1. The van der Waals surface area contributed by atoms with Crippen molar-refractivity contribution in [1.29, 1.82) is 0 Å². The van der Waals surface area contributed by atoms with E-state index in [4.69, 9.17) is 4.74 Å². The van der Waals surface area contributed by atoms with Crippen LogP contribution >= 0.6 is 0 Å². The second-order valence-electron chi connectivity index (χ2n) is 4.81. The van der Waals surface area contributed by atoms with Crippen molar-refractivity contribution >= 4 is 22.0 Å². The first-order valence-corrected chi connectivity index (χ1v) is 8.59. The van der Waals surface area contributed by atoms with E-state index in [1.807, 2.05) is 31.2 Å². The van der Waals surface area contributed by atoms with Crippen LogP contribution in [0.5, 0.6) is 5.75 Å². The van der Waals surface area contributed by atoms with Crippen molar-refractivity contribution in [3.8, 4) is 5.75 Å². The molecule has 21 heavy (non-hydrogen) atoms. The van der Waals surface area contributed by atoms with Gasteiger partial charge in [0.2, 0.25) is 5.91 Å². The smallest absolute Gasteiger partial charge is 0.244 e. The maximum atomic E-state index is 11.8. The summed E-state index contributed by atoms with van der Waals surface area (Å²) in [4.78, 5) is 11.8. The lowest BCUT2D eigenvalue weighted by Gasteiger charge is -2.07. The Bertz CT molecular complexity index is 640. The molecule has 1 amide bonds. The number of hydrogen-bond donors (Lipinski definition) is 1. The number of carbonyl (C=O) groups is 1. The fraction of sp³-hybridized carbons (Fsp3) is 0.429. The summed E-state index contributed by atoms with van der Waals surface area (Å²) in [5, 5.41) is 3.88. The standard InChI is InChI=1S/C14H18N2O4S/c1-2-20-13-6-4-3-5-11(13)9-15-16-14(17)12-7-8-21(18,19)10-12/h3-6,9,12H,2,7-8,10H2,1H3,(H,16,17)/b15-9-/t12-/m1/s1. The lowest BCUT2D eigenvalue weighted by molar-refractivity contribution is -0.124. The Kier molecular flexibility index (Phi) is 4.95. The van der Waals surface area contributed by atoms with Crippen LogP contribution in [0.15, 0.2) is 29.4 Å². The minimum absolute atomic E-state index is 0.0714. The molecule has 0 aromatic heterocycles. The Morgan fingerprint density at radius 3 is 2.90 bits per heavy atom. The average Bonchev–Trinajstić information content (AvgIpc) is 2.81. The lowest BCUT2D eigenvalue weighted by atomic mass is 10.1. The molecule has 1 aliphatic heterocycles. The average molecular weight is 310 g/mol. The van der Waals surface area contributed by atoms with Crippen LogP contribution in [-0.2, 0) is 14.6 Å². The highest BCUT2D eigenvalue weighted by Gasteiger charge is 2.32. The van der Waals surface area contributed by atoms with E-state index in [1.54, 1.807) is 0 Å². The molecule has 0 radical (unpaired) electrons. The largest absolute Gasteiger partial charge is 0.493 e. The van der Waals surface area contributed by atoms with E-state index < -0.39 is 15.8 Å². The molecular formula is C14H18N2O4S. The number of carbonyl (C=O) groups excluding carboxylic acids is 1. The van der Waals surface area contributed by atoms with Crippen molar-refractivity contribution in [2.45, 2.75) is 13.3 Å². The third-order valence-corrected chi connectivity index (χ3v) is 4.97. The van der Waals surface area contributed by atoms with Crippen LogP contribution in [0.25, 0.3) is 0 Å². The van der Waals surface area contributed by atoms with Crippen molar-refractivity contribution < 1.29 is 17.9 Å². The zero-order valence-electron chi connectivity index (χ0n) is 11.8. The van der Waals surface area contributed by atoms with Crippen LogP contribution < -0.4 is 10.2 Å². The highest BCUT2D eigenvalue weighted by molar-refractivity contribution is 7.91. The van der Waals surface area contributed by atoms with Crippen LogP contribution in [0.1, 0.15) is 18.9 Å². The van der Waals surface area contributed by atoms with Crippen LogP contribution in [0.2, 0.25) is 0 Å². The van der Waals surface area contributed by atoms with Gasteiger partial charge in [0.25, 0.3) is 0 Å². The highest BCUT2D eigenvalue weighted by atomic mass is 32.2. The molecule has 6 nitrogen and oxygen atoms in total. The molecule has 0 saturated carbocycles. The number of nitrogens with one attached hydrogen (secondary N) is 1. The number of amides is 1. The van der Waals surface area contributed by atoms with Crippen molar-refractivity contribution in [3.63, 3.8) is 0 Å². The Balaban J connectivity index is 1.95. The van der Waals surface area contributed by atoms with Crippen molar-refractivity contribution in [2.24, 2.45) is 11.0 Å². The van der Waals surface area contributed by atoms with Crippen molar-refractivity contribution in [1.82, 2.24) is 5.43 Å². The number of ether oxygens (including phenoxy) is 1. The Morgan fingerprint density at radius 2 is 2.24 bits per heavy atom. The van der Waals surface area contributed by atoms with E-state index in [-0.39, 0.29) is 17.4 Å². The lowest BCUT2D eigenvalue weighted by Crippen LogP contribution is -2.27. The van der Waals surface area contributed by atoms with E-state index in [0.717, 1.165) is 5.56 Å². The molecule has 114 valence electrons. The van der Waals surface area contributed by atoms with E-state index in [9.17, 15) is 13.2 Å². The van der Waals surface area contributed by atoms with Gasteiger partial charge in [-0.2, -0.15) is 5.10 Å². The predicted molar refractivity (Wildman–Crippen MR) is 80.1 cm³/mol. The second kappa shape index (κ2) is 6.71. The Labute approximate surface area is 124 Å². The molecule has 0 aliphatic carbocycles. The fourth-order valence-corrected chi connectivity index (χ4v) is 3.87. The van der Waals surface area contributed by atoms with Crippen LogP contribution in [0.4, 0.5) is 0 Å². The summed E-state index contributed by atoms with van der Waals surface area (Å²) in [5.74, 6) is -0.205. The normalized spacial score (nSPS) is 20.5. The topological polar surface area (TPSA) is 84.8 Å². The Morgan fingerprint density at radius 1 is 1.48 bits per heavy atom. The maximum Gasteiger partial charge on any atom is 0.244 e. The third kappa shape index (κ3) is 4.29. The summed E-state index contributed by atoms with van der Waals surface area (Å²) in [6, 6.07) is 7.33. The zero-order chi connectivity index (χ0) is 15.3. The first-order chi connectivity index (χ1) is 10.0. The quantitative estimate of drug-likeness (QED) is 0.649. The van der Waals surface area contributed by atoms with E-state index in [1.165, 1.54) is 6.21 Å². The monoisotopic (exact) mass is 310 g/mol. The number of rotatable bonds is 5. The third-order valence-electron chi connectivity index (χ3n) is 3.20. The van der Waals surface area contributed by atoms with Gasteiger partial charge in [-0.1, -0.05) is 12.1 Å². The molecule has 1 N–H and O–H groups in total. The fourth-order valence-electron chi connectivity index (χ4n) is 2.13. The van der Waals surface area contributed by atoms with Gasteiger partial charge >= 0.3 is 0 Å². The maximum absolute atomic E-state index is 11.8.